The van der Waals surface area contributed by atoms with Crippen LogP contribution in [-0.4, -0.2) is 29.6 Å². The van der Waals surface area contributed by atoms with Crippen LogP contribution < -0.4 is 9.47 Å². The maximum atomic E-state index is 13.9. The minimum atomic E-state index is -0.263. The summed E-state index contributed by atoms with van der Waals surface area (Å²) in [6.45, 7) is 0.511. The molecule has 1 aromatic heterocycles. The SMILES string of the molecule is COc1ccc(OC)c(-c2c(C3c4ccccc4C(=O)N3Cc3ccccc3)c3ccccc3n2C)c1. The van der Waals surface area contributed by atoms with E-state index in [0.717, 1.165) is 55.9 Å². The molecule has 0 spiro atoms. The van der Waals surface area contributed by atoms with E-state index < -0.39 is 0 Å². The smallest absolute Gasteiger partial charge is 0.255 e. The lowest BCUT2D eigenvalue weighted by Gasteiger charge is -2.27. The highest BCUT2D eigenvalue weighted by atomic mass is 16.5. The highest BCUT2D eigenvalue weighted by Gasteiger charge is 2.40. The second-order valence-electron chi connectivity index (χ2n) is 9.31. The third-order valence-electron chi connectivity index (χ3n) is 7.34. The number of ether oxygens (including phenoxy) is 2. The van der Waals surface area contributed by atoms with Crippen molar-refractivity contribution >= 4 is 16.8 Å². The number of nitrogens with zero attached hydrogens (tertiary/aromatic N) is 2. The Balaban J connectivity index is 1.66. The summed E-state index contributed by atoms with van der Waals surface area (Å²) in [5.74, 6) is 1.54. The van der Waals surface area contributed by atoms with Crippen LogP contribution in [0.3, 0.4) is 0 Å². The molecule has 0 saturated heterocycles. The van der Waals surface area contributed by atoms with E-state index in [1.165, 1.54) is 0 Å². The quantitative estimate of drug-likeness (QED) is 0.270. The number of aromatic nitrogens is 1. The predicted octanol–water partition coefficient (Wildman–Crippen LogP) is 6.61. The lowest BCUT2D eigenvalue weighted by Crippen LogP contribution is -2.28. The van der Waals surface area contributed by atoms with Gasteiger partial charge in [0.2, 0.25) is 0 Å². The molecule has 1 atom stereocenters. The van der Waals surface area contributed by atoms with Gasteiger partial charge in [-0.2, -0.15) is 0 Å². The van der Waals surface area contributed by atoms with E-state index in [4.69, 9.17) is 9.47 Å². The van der Waals surface area contributed by atoms with Crippen LogP contribution in [0.25, 0.3) is 22.2 Å². The molecule has 6 rings (SSSR count). The van der Waals surface area contributed by atoms with Crippen LogP contribution in [0.15, 0.2) is 97.1 Å². The third-order valence-corrected chi connectivity index (χ3v) is 7.34. The second-order valence-corrected chi connectivity index (χ2v) is 9.31. The van der Waals surface area contributed by atoms with Gasteiger partial charge in [-0.15, -0.1) is 0 Å². The van der Waals surface area contributed by atoms with Crippen LogP contribution in [0.4, 0.5) is 0 Å². The van der Waals surface area contributed by atoms with Gasteiger partial charge in [0, 0.05) is 41.2 Å². The van der Waals surface area contributed by atoms with Gasteiger partial charge >= 0.3 is 0 Å². The van der Waals surface area contributed by atoms with Crippen molar-refractivity contribution < 1.29 is 14.3 Å². The summed E-state index contributed by atoms with van der Waals surface area (Å²) in [5.41, 5.74) is 6.96. The van der Waals surface area contributed by atoms with Gasteiger partial charge in [-0.3, -0.25) is 4.79 Å². The molecular formula is C32H28N2O3. The maximum absolute atomic E-state index is 13.9. The van der Waals surface area contributed by atoms with Crippen molar-refractivity contribution in [3.05, 3.63) is 119 Å². The number of hydrogen-bond donors (Lipinski definition) is 0. The average molecular weight is 489 g/mol. The Labute approximate surface area is 216 Å². The second kappa shape index (κ2) is 9.17. The molecule has 4 aromatic carbocycles. The van der Waals surface area contributed by atoms with Crippen molar-refractivity contribution in [3.8, 4) is 22.8 Å². The molecule has 1 aliphatic heterocycles. The van der Waals surface area contributed by atoms with E-state index in [9.17, 15) is 4.79 Å². The summed E-state index contributed by atoms with van der Waals surface area (Å²) in [6, 6.07) is 32.1. The number of carbonyl (C=O) groups excluding carboxylic acids is 1. The first-order valence-corrected chi connectivity index (χ1v) is 12.4. The summed E-state index contributed by atoms with van der Waals surface area (Å²) >= 11 is 0. The topological polar surface area (TPSA) is 43.7 Å². The van der Waals surface area contributed by atoms with E-state index in [2.05, 4.69) is 48.0 Å². The zero-order chi connectivity index (χ0) is 25.5. The van der Waals surface area contributed by atoms with E-state index >= 15 is 0 Å². The van der Waals surface area contributed by atoms with Gasteiger partial charge in [0.15, 0.2) is 0 Å². The Kier molecular flexibility index (Phi) is 5.68. The molecule has 5 aromatic rings. The number of methoxy groups -OCH3 is 2. The average Bonchev–Trinajstić information content (AvgIpc) is 3.39. The number of rotatable bonds is 6. The molecule has 0 fully saturated rings. The summed E-state index contributed by atoms with van der Waals surface area (Å²) in [4.78, 5) is 15.9. The number of fused-ring (bicyclic) bond motifs is 2. The summed E-state index contributed by atoms with van der Waals surface area (Å²) in [6.07, 6.45) is 0. The summed E-state index contributed by atoms with van der Waals surface area (Å²) in [5, 5.41) is 1.11. The summed E-state index contributed by atoms with van der Waals surface area (Å²) in [7, 11) is 5.43. The fraction of sp³-hybridized carbons (Fsp3) is 0.156. The van der Waals surface area contributed by atoms with E-state index in [1.54, 1.807) is 14.2 Å². The van der Waals surface area contributed by atoms with Crippen LogP contribution in [-0.2, 0) is 13.6 Å². The molecule has 0 bridgehead atoms. The van der Waals surface area contributed by atoms with Crippen molar-refractivity contribution in [1.82, 2.24) is 9.47 Å². The van der Waals surface area contributed by atoms with Crippen molar-refractivity contribution in [3.63, 3.8) is 0 Å². The van der Waals surface area contributed by atoms with Crippen LogP contribution in [0, 0.1) is 0 Å². The Bertz CT molecular complexity index is 1620. The van der Waals surface area contributed by atoms with Gasteiger partial charge in [0.1, 0.15) is 11.5 Å². The first-order chi connectivity index (χ1) is 18.1. The molecule has 37 heavy (non-hydrogen) atoms. The Morgan fingerprint density at radius 1 is 0.784 bits per heavy atom. The zero-order valence-corrected chi connectivity index (χ0v) is 21.1. The molecule has 0 aliphatic carbocycles. The highest BCUT2D eigenvalue weighted by molar-refractivity contribution is 6.02. The minimum absolute atomic E-state index is 0.0425. The zero-order valence-electron chi connectivity index (χ0n) is 21.1. The number of para-hydroxylation sites is 1. The fourth-order valence-electron chi connectivity index (χ4n) is 5.65. The van der Waals surface area contributed by atoms with E-state index in [-0.39, 0.29) is 11.9 Å². The molecular weight excluding hydrogens is 460 g/mol. The van der Waals surface area contributed by atoms with Crippen molar-refractivity contribution in [2.75, 3.05) is 14.2 Å². The molecule has 2 heterocycles. The molecule has 0 radical (unpaired) electrons. The number of amides is 1. The predicted molar refractivity (Wildman–Crippen MR) is 146 cm³/mol. The van der Waals surface area contributed by atoms with E-state index in [1.807, 2.05) is 65.6 Å². The largest absolute Gasteiger partial charge is 0.497 e. The first kappa shape index (κ1) is 22.9. The fourth-order valence-corrected chi connectivity index (χ4v) is 5.65. The van der Waals surface area contributed by atoms with Gasteiger partial charge in [-0.25, -0.2) is 0 Å². The molecule has 184 valence electrons. The maximum Gasteiger partial charge on any atom is 0.255 e. The van der Waals surface area contributed by atoms with E-state index in [0.29, 0.717) is 6.54 Å². The number of aryl methyl sites for hydroxylation is 1. The molecule has 1 aliphatic rings. The van der Waals surface area contributed by atoms with Gasteiger partial charge < -0.3 is 18.9 Å². The molecule has 5 heteroatoms. The van der Waals surface area contributed by atoms with Gasteiger partial charge in [0.25, 0.3) is 5.91 Å². The normalized spacial score (nSPS) is 14.7. The number of benzene rings is 4. The van der Waals surface area contributed by atoms with Crippen LogP contribution in [0.1, 0.15) is 33.1 Å². The Morgan fingerprint density at radius 3 is 2.30 bits per heavy atom. The van der Waals surface area contributed by atoms with Crippen LogP contribution in [0.2, 0.25) is 0 Å². The van der Waals surface area contributed by atoms with Gasteiger partial charge in [-0.05, 0) is 41.5 Å². The molecule has 1 amide bonds. The van der Waals surface area contributed by atoms with Gasteiger partial charge in [-0.1, -0.05) is 66.7 Å². The molecule has 0 N–H and O–H groups in total. The Hall–Kier alpha value is -4.51. The van der Waals surface area contributed by atoms with Crippen LogP contribution in [0.5, 0.6) is 11.5 Å². The molecule has 5 nitrogen and oxygen atoms in total. The summed E-state index contributed by atoms with van der Waals surface area (Å²) < 4.78 is 13.6. The van der Waals surface area contributed by atoms with Crippen molar-refractivity contribution in [2.45, 2.75) is 12.6 Å². The van der Waals surface area contributed by atoms with Gasteiger partial charge in [0.05, 0.1) is 26.0 Å². The highest BCUT2D eigenvalue weighted by Crippen LogP contribution is 2.48. The number of carbonyl (C=O) groups is 1. The monoisotopic (exact) mass is 488 g/mol. The minimum Gasteiger partial charge on any atom is -0.497 e. The number of hydrogen-bond acceptors (Lipinski definition) is 3. The van der Waals surface area contributed by atoms with Crippen LogP contribution >= 0.6 is 0 Å². The molecule has 1 unspecified atom stereocenters. The lowest BCUT2D eigenvalue weighted by molar-refractivity contribution is 0.0737. The third kappa shape index (κ3) is 3.66. The standard InChI is InChI=1S/C32H28N2O3/c1-33-27-16-10-9-15-25(27)29(30(33)26-19-22(36-2)17-18-28(26)37-3)31-23-13-7-8-14-24(23)32(35)34(31)20-21-11-5-4-6-12-21/h4-19,31H,20H2,1-3H3. The Morgan fingerprint density at radius 2 is 1.51 bits per heavy atom. The lowest BCUT2D eigenvalue weighted by atomic mass is 9.92. The van der Waals surface area contributed by atoms with Crippen molar-refractivity contribution in [1.29, 1.82) is 0 Å². The molecule has 0 saturated carbocycles. The first-order valence-electron chi connectivity index (χ1n) is 12.4. The van der Waals surface area contributed by atoms with Crippen molar-refractivity contribution in [2.24, 2.45) is 7.05 Å².